The predicted molar refractivity (Wildman–Crippen MR) is 119 cm³/mol. The molecule has 8 heteroatoms. The Kier molecular flexibility index (Phi) is 6.41. The molecule has 2 saturated heterocycles. The van der Waals surface area contributed by atoms with Gasteiger partial charge in [0, 0.05) is 51.9 Å². The lowest BCUT2D eigenvalue weighted by Crippen LogP contribution is -2.49. The molecule has 0 saturated carbocycles. The molecule has 1 N–H and O–H groups in total. The number of carbonyl (C=O) groups excluding carboxylic acids is 2. The van der Waals surface area contributed by atoms with Crippen LogP contribution in [0.3, 0.4) is 0 Å². The first-order valence-electron chi connectivity index (χ1n) is 10.9. The van der Waals surface area contributed by atoms with Crippen LogP contribution in [0.25, 0.3) is 0 Å². The quantitative estimate of drug-likeness (QED) is 0.772. The van der Waals surface area contributed by atoms with E-state index in [1.807, 2.05) is 20.0 Å². The second-order valence-corrected chi connectivity index (χ2v) is 8.61. The Morgan fingerprint density at radius 2 is 1.97 bits per heavy atom. The number of rotatable bonds is 5. The number of piperazine rings is 1. The van der Waals surface area contributed by atoms with E-state index in [4.69, 9.17) is 4.74 Å². The Hall–Kier alpha value is -3.00. The molecule has 2 aliphatic heterocycles. The maximum absolute atomic E-state index is 15.0. The fourth-order valence-electron chi connectivity index (χ4n) is 4.70. The van der Waals surface area contributed by atoms with Crippen molar-refractivity contribution in [2.45, 2.75) is 19.8 Å². The maximum Gasteiger partial charge on any atom is 0.256 e. The van der Waals surface area contributed by atoms with Crippen LogP contribution >= 0.6 is 0 Å². The van der Waals surface area contributed by atoms with Gasteiger partial charge < -0.3 is 19.9 Å². The van der Waals surface area contributed by atoms with Crippen molar-refractivity contribution in [2.24, 2.45) is 5.92 Å². The number of anilines is 1. The maximum atomic E-state index is 15.0. The number of aromatic nitrogens is 1. The molecule has 7 nitrogen and oxygen atoms in total. The zero-order valence-electron chi connectivity index (χ0n) is 18.7. The first-order valence-corrected chi connectivity index (χ1v) is 10.9. The Bertz CT molecular complexity index is 1020. The number of methoxy groups -OCH3 is 1. The number of ether oxygens (including phenoxy) is 1. The average Bonchev–Trinajstić information content (AvgIpc) is 3.14. The molecule has 2 aliphatic rings. The van der Waals surface area contributed by atoms with Crippen LogP contribution in [0.15, 0.2) is 30.5 Å². The van der Waals surface area contributed by atoms with Crippen molar-refractivity contribution in [3.63, 3.8) is 0 Å². The van der Waals surface area contributed by atoms with E-state index in [2.05, 4.69) is 21.3 Å². The minimum atomic E-state index is -0.596. The molecule has 1 aromatic heterocycles. The molecule has 3 heterocycles. The molecule has 4 rings (SSSR count). The molecule has 32 heavy (non-hydrogen) atoms. The summed E-state index contributed by atoms with van der Waals surface area (Å²) in [4.78, 5) is 33.6. The lowest BCUT2D eigenvalue weighted by molar-refractivity contribution is -0.120. The van der Waals surface area contributed by atoms with Crippen molar-refractivity contribution in [3.8, 4) is 0 Å². The van der Waals surface area contributed by atoms with E-state index in [9.17, 15) is 14.0 Å². The zero-order chi connectivity index (χ0) is 22.8. The summed E-state index contributed by atoms with van der Waals surface area (Å²) < 4.78 is 20.1. The normalized spacial score (nSPS) is 21.1. The van der Waals surface area contributed by atoms with Crippen molar-refractivity contribution >= 4 is 17.6 Å². The molecule has 0 radical (unpaired) electrons. The third-order valence-corrected chi connectivity index (χ3v) is 6.31. The number of nitrogens with one attached hydrogen (secondary N) is 1. The number of pyridine rings is 1. The number of benzene rings is 1. The molecule has 2 amide bonds. The molecule has 1 unspecified atom stereocenters. The molecular formula is C24H29FN4O3. The van der Waals surface area contributed by atoms with Gasteiger partial charge in [0.1, 0.15) is 11.6 Å². The highest BCUT2D eigenvalue weighted by atomic mass is 19.1. The van der Waals surface area contributed by atoms with Crippen LogP contribution in [0.2, 0.25) is 0 Å². The van der Waals surface area contributed by atoms with Crippen LogP contribution in [0.5, 0.6) is 0 Å². The summed E-state index contributed by atoms with van der Waals surface area (Å²) in [5.74, 6) is -0.656. The minimum absolute atomic E-state index is 0.0357. The van der Waals surface area contributed by atoms with Gasteiger partial charge in [0.05, 0.1) is 18.1 Å². The molecule has 2 atom stereocenters. The summed E-state index contributed by atoms with van der Waals surface area (Å²) in [7, 11) is 1.58. The summed E-state index contributed by atoms with van der Waals surface area (Å²) in [5, 5.41) is 2.81. The lowest BCUT2D eigenvalue weighted by Gasteiger charge is -2.36. The molecule has 0 spiro atoms. The molecule has 170 valence electrons. The molecule has 1 aromatic carbocycles. The van der Waals surface area contributed by atoms with E-state index in [1.165, 1.54) is 12.1 Å². The fourth-order valence-corrected chi connectivity index (χ4v) is 4.70. The van der Waals surface area contributed by atoms with Gasteiger partial charge in [-0.25, -0.2) is 9.37 Å². The Morgan fingerprint density at radius 1 is 1.22 bits per heavy atom. The molecule has 0 bridgehead atoms. The summed E-state index contributed by atoms with van der Waals surface area (Å²) in [6.45, 7) is 7.23. The van der Waals surface area contributed by atoms with Crippen molar-refractivity contribution in [1.29, 1.82) is 0 Å². The van der Waals surface area contributed by atoms with E-state index in [-0.39, 0.29) is 23.3 Å². The van der Waals surface area contributed by atoms with Gasteiger partial charge in [-0.3, -0.25) is 9.59 Å². The molecule has 2 fully saturated rings. The zero-order valence-corrected chi connectivity index (χ0v) is 18.7. The van der Waals surface area contributed by atoms with Crippen LogP contribution in [0.1, 0.15) is 33.0 Å². The summed E-state index contributed by atoms with van der Waals surface area (Å²) in [6, 6.07) is 6.60. The van der Waals surface area contributed by atoms with Gasteiger partial charge in [-0.1, -0.05) is 12.1 Å². The first-order chi connectivity index (χ1) is 15.4. The second-order valence-electron chi connectivity index (χ2n) is 8.61. The first kappa shape index (κ1) is 22.2. The Morgan fingerprint density at radius 3 is 2.62 bits per heavy atom. The molecule has 0 aliphatic carbocycles. The van der Waals surface area contributed by atoms with Gasteiger partial charge in [-0.05, 0) is 42.7 Å². The second kappa shape index (κ2) is 9.24. The monoisotopic (exact) mass is 440 g/mol. The van der Waals surface area contributed by atoms with Crippen LogP contribution in [0.4, 0.5) is 10.2 Å². The number of carbonyl (C=O) groups is 2. The minimum Gasteiger partial charge on any atom is -0.384 e. The number of halogens is 1. The van der Waals surface area contributed by atoms with Crippen LogP contribution in [-0.2, 0) is 9.53 Å². The largest absolute Gasteiger partial charge is 0.384 e. The molecular weight excluding hydrogens is 411 g/mol. The van der Waals surface area contributed by atoms with Crippen molar-refractivity contribution < 1.29 is 18.7 Å². The summed E-state index contributed by atoms with van der Waals surface area (Å²) >= 11 is 0. The van der Waals surface area contributed by atoms with Gasteiger partial charge in [-0.15, -0.1) is 0 Å². The number of aryl methyl sites for hydroxylation is 2. The van der Waals surface area contributed by atoms with E-state index in [1.54, 1.807) is 18.1 Å². The van der Waals surface area contributed by atoms with Crippen molar-refractivity contribution in [3.05, 3.63) is 58.5 Å². The van der Waals surface area contributed by atoms with Gasteiger partial charge in [-0.2, -0.15) is 0 Å². The highest BCUT2D eigenvalue weighted by Crippen LogP contribution is 2.31. The van der Waals surface area contributed by atoms with Gasteiger partial charge in [0.15, 0.2) is 0 Å². The smallest absolute Gasteiger partial charge is 0.256 e. The standard InChI is InChI=1S/C24H29FN4O3/c1-15-10-16(2)22(26-12-15)28-6-8-29(9-7-28)24(31)19-5-4-17(11-20(19)25)21-18(14-32-3)13-27-23(21)30/h4-5,10-12,18,21H,6-9,13-14H2,1-3H3,(H,27,30)/t18?,21-/m0/s1. The fraction of sp³-hybridized carbons (Fsp3) is 0.458. The van der Waals surface area contributed by atoms with E-state index in [0.29, 0.717) is 44.9 Å². The third-order valence-electron chi connectivity index (χ3n) is 6.31. The molecule has 2 aromatic rings. The number of hydrogen-bond donors (Lipinski definition) is 1. The van der Waals surface area contributed by atoms with Crippen LogP contribution in [0, 0.1) is 25.6 Å². The van der Waals surface area contributed by atoms with E-state index < -0.39 is 11.7 Å². The van der Waals surface area contributed by atoms with E-state index in [0.717, 1.165) is 16.9 Å². The predicted octanol–water partition coefficient (Wildman–Crippen LogP) is 2.28. The van der Waals surface area contributed by atoms with E-state index >= 15 is 0 Å². The summed E-state index contributed by atoms with van der Waals surface area (Å²) in [6.07, 6.45) is 1.85. The van der Waals surface area contributed by atoms with Crippen LogP contribution in [-0.4, -0.2) is 68.1 Å². The SMILES string of the molecule is COCC1CNC(=O)[C@H]1c1ccc(C(=O)N2CCN(c3ncc(C)cc3C)CC2)c(F)c1. The number of nitrogens with zero attached hydrogens (tertiary/aromatic N) is 3. The highest BCUT2D eigenvalue weighted by Gasteiger charge is 2.36. The highest BCUT2D eigenvalue weighted by molar-refractivity contribution is 5.95. The lowest BCUT2D eigenvalue weighted by atomic mass is 9.88. The van der Waals surface area contributed by atoms with Gasteiger partial charge in [0.25, 0.3) is 5.91 Å². The van der Waals surface area contributed by atoms with Crippen molar-refractivity contribution in [2.75, 3.05) is 51.3 Å². The number of amides is 2. The van der Waals surface area contributed by atoms with Gasteiger partial charge >= 0.3 is 0 Å². The Labute approximate surface area is 187 Å². The topological polar surface area (TPSA) is 74.8 Å². The van der Waals surface area contributed by atoms with Crippen molar-refractivity contribution in [1.82, 2.24) is 15.2 Å². The summed E-state index contributed by atoms with van der Waals surface area (Å²) in [5.41, 5.74) is 2.83. The van der Waals surface area contributed by atoms with Gasteiger partial charge in [0.2, 0.25) is 5.91 Å². The van der Waals surface area contributed by atoms with Crippen LogP contribution < -0.4 is 10.2 Å². The average molecular weight is 441 g/mol. The third kappa shape index (κ3) is 4.32. The number of hydrogen-bond acceptors (Lipinski definition) is 5. The Balaban J connectivity index is 1.44.